The molecule has 2 aromatic rings. The van der Waals surface area contributed by atoms with Gasteiger partial charge in [-0.05, 0) is 30.7 Å². The van der Waals surface area contributed by atoms with Crippen molar-refractivity contribution in [3.63, 3.8) is 0 Å². The van der Waals surface area contributed by atoms with Crippen LogP contribution in [0, 0.1) is 12.7 Å². The number of hydrogen-bond acceptors (Lipinski definition) is 2. The summed E-state index contributed by atoms with van der Waals surface area (Å²) < 4.78 is 16.8. The van der Waals surface area contributed by atoms with Crippen LogP contribution < -0.4 is 4.72 Å². The van der Waals surface area contributed by atoms with Gasteiger partial charge in [-0.3, -0.25) is 9.52 Å². The number of carbonyl (C=O) groups excluding carboxylic acids is 1. The van der Waals surface area contributed by atoms with Crippen molar-refractivity contribution in [2.75, 3.05) is 6.26 Å². The van der Waals surface area contributed by atoms with Gasteiger partial charge in [0.15, 0.2) is 0 Å². The first-order valence-electron chi connectivity index (χ1n) is 5.93. The molecule has 0 aliphatic rings. The van der Waals surface area contributed by atoms with Gasteiger partial charge < -0.3 is 0 Å². The number of nitrogens with one attached hydrogen (secondary N) is 1. The van der Waals surface area contributed by atoms with Crippen molar-refractivity contribution in [3.8, 4) is 11.1 Å². The van der Waals surface area contributed by atoms with Crippen molar-refractivity contribution < 1.29 is 9.18 Å². The fourth-order valence-electron chi connectivity index (χ4n) is 1.88. The first-order chi connectivity index (χ1) is 9.54. The first-order valence-corrected chi connectivity index (χ1v) is 7.53. The van der Waals surface area contributed by atoms with E-state index in [1.54, 1.807) is 49.6 Å². The summed E-state index contributed by atoms with van der Waals surface area (Å²) in [5.74, 6) is -0.555. The molecule has 1 N–H and O–H groups in total. The Bertz CT molecular complexity index is 660. The van der Waals surface area contributed by atoms with Crippen LogP contribution in [0.3, 0.4) is 0 Å². The molecule has 5 heteroatoms. The molecular weight excluding hydrogens is 297 g/mol. The number of rotatable bonds is 3. The number of aryl methyl sites for hydroxylation is 1. The van der Waals surface area contributed by atoms with Gasteiger partial charge in [0.1, 0.15) is 5.82 Å². The monoisotopic (exact) mass is 309 g/mol. The van der Waals surface area contributed by atoms with E-state index < -0.39 is 0 Å². The van der Waals surface area contributed by atoms with Gasteiger partial charge in [-0.2, -0.15) is 0 Å². The molecule has 0 saturated carbocycles. The van der Waals surface area contributed by atoms with Crippen LogP contribution >= 0.6 is 23.5 Å². The van der Waals surface area contributed by atoms with Crippen LogP contribution in [-0.4, -0.2) is 12.2 Å². The number of hydrogen-bond donors (Lipinski definition) is 1. The fourth-order valence-corrected chi connectivity index (χ4v) is 2.40. The van der Waals surface area contributed by atoms with E-state index in [-0.39, 0.29) is 11.7 Å². The minimum Gasteiger partial charge on any atom is -0.296 e. The van der Waals surface area contributed by atoms with Crippen LogP contribution in [0.5, 0.6) is 0 Å². The molecule has 0 saturated heterocycles. The molecule has 2 rings (SSSR count). The third-order valence-corrected chi connectivity index (χ3v) is 3.62. The van der Waals surface area contributed by atoms with Crippen molar-refractivity contribution >= 4 is 29.5 Å². The van der Waals surface area contributed by atoms with Gasteiger partial charge in [0.2, 0.25) is 0 Å². The zero-order chi connectivity index (χ0) is 14.7. The van der Waals surface area contributed by atoms with Crippen LogP contribution in [0.25, 0.3) is 11.1 Å². The van der Waals surface area contributed by atoms with E-state index in [2.05, 4.69) is 4.72 Å². The summed E-state index contributed by atoms with van der Waals surface area (Å²) >= 11 is 7.34. The lowest BCUT2D eigenvalue weighted by molar-refractivity contribution is 0.0984. The van der Waals surface area contributed by atoms with Gasteiger partial charge >= 0.3 is 0 Å². The number of halogens is 2. The van der Waals surface area contributed by atoms with E-state index in [1.807, 2.05) is 0 Å². The summed E-state index contributed by atoms with van der Waals surface area (Å²) in [6.07, 6.45) is 1.76. The average molecular weight is 310 g/mol. The van der Waals surface area contributed by atoms with Crippen LogP contribution in [0.1, 0.15) is 15.9 Å². The Morgan fingerprint density at radius 1 is 1.25 bits per heavy atom. The van der Waals surface area contributed by atoms with E-state index in [9.17, 15) is 9.18 Å². The molecule has 0 bridgehead atoms. The second-order valence-corrected chi connectivity index (χ2v) is 5.29. The highest BCUT2D eigenvalue weighted by molar-refractivity contribution is 7.97. The van der Waals surface area contributed by atoms with Gasteiger partial charge in [-0.25, -0.2) is 4.39 Å². The Morgan fingerprint density at radius 3 is 2.70 bits per heavy atom. The number of carbonyl (C=O) groups is 1. The predicted octanol–water partition coefficient (Wildman–Crippen LogP) is 4.46. The summed E-state index contributed by atoms with van der Waals surface area (Å²) in [4.78, 5) is 11.8. The van der Waals surface area contributed by atoms with E-state index in [0.29, 0.717) is 27.3 Å². The number of amides is 1. The molecule has 0 heterocycles. The number of benzene rings is 2. The fraction of sp³-hybridized carbons (Fsp3) is 0.133. The van der Waals surface area contributed by atoms with Crippen molar-refractivity contribution in [1.29, 1.82) is 0 Å². The third kappa shape index (κ3) is 2.97. The average Bonchev–Trinajstić information content (AvgIpc) is 2.43. The smallest absolute Gasteiger partial charge is 0.261 e. The molecule has 0 aliphatic heterocycles. The van der Waals surface area contributed by atoms with Crippen LogP contribution in [0.15, 0.2) is 36.4 Å². The molecule has 0 unspecified atom stereocenters. The molecule has 2 nitrogen and oxygen atoms in total. The molecule has 0 radical (unpaired) electrons. The predicted molar refractivity (Wildman–Crippen MR) is 82.6 cm³/mol. The van der Waals surface area contributed by atoms with Crippen molar-refractivity contribution in [2.24, 2.45) is 0 Å². The molecule has 104 valence electrons. The summed E-state index contributed by atoms with van der Waals surface area (Å²) in [6.45, 7) is 1.69. The quantitative estimate of drug-likeness (QED) is 0.848. The van der Waals surface area contributed by atoms with Gasteiger partial charge in [-0.15, -0.1) is 0 Å². The molecular formula is C15H13ClFNOS. The Morgan fingerprint density at radius 2 is 2.00 bits per heavy atom. The lowest BCUT2D eigenvalue weighted by Gasteiger charge is -2.10. The van der Waals surface area contributed by atoms with E-state index in [4.69, 9.17) is 11.6 Å². The van der Waals surface area contributed by atoms with Crippen molar-refractivity contribution in [2.45, 2.75) is 6.92 Å². The van der Waals surface area contributed by atoms with E-state index in [0.717, 1.165) is 0 Å². The van der Waals surface area contributed by atoms with Crippen molar-refractivity contribution in [1.82, 2.24) is 4.72 Å². The highest BCUT2D eigenvalue weighted by atomic mass is 35.5. The minimum atomic E-state index is -0.322. The maximum absolute atomic E-state index is 14.2. The minimum absolute atomic E-state index is 0.233. The molecule has 0 fully saturated rings. The second-order valence-electron chi connectivity index (χ2n) is 4.27. The summed E-state index contributed by atoms with van der Waals surface area (Å²) in [5.41, 5.74) is 1.90. The van der Waals surface area contributed by atoms with Crippen LogP contribution in [-0.2, 0) is 0 Å². The molecule has 1 amide bonds. The Hall–Kier alpha value is -1.52. The highest BCUT2D eigenvalue weighted by Crippen LogP contribution is 2.32. The molecule has 0 aromatic heterocycles. The third-order valence-electron chi connectivity index (χ3n) is 2.91. The maximum Gasteiger partial charge on any atom is 0.261 e. The van der Waals surface area contributed by atoms with Gasteiger partial charge in [0.25, 0.3) is 5.91 Å². The van der Waals surface area contributed by atoms with Gasteiger partial charge in [-0.1, -0.05) is 41.7 Å². The molecule has 20 heavy (non-hydrogen) atoms. The molecule has 0 atom stereocenters. The van der Waals surface area contributed by atoms with Crippen LogP contribution in [0.2, 0.25) is 5.02 Å². The normalized spacial score (nSPS) is 10.4. The second kappa shape index (κ2) is 6.29. The Kier molecular flexibility index (Phi) is 4.68. The van der Waals surface area contributed by atoms with Crippen molar-refractivity contribution in [3.05, 3.63) is 58.4 Å². The first kappa shape index (κ1) is 14.9. The summed E-state index contributed by atoms with van der Waals surface area (Å²) in [7, 11) is 0. The summed E-state index contributed by atoms with van der Waals surface area (Å²) in [5, 5.41) is 0.412. The SMILES string of the molecule is CSNC(=O)c1ccc(Cl)c(-c2cccc(C)c2F)c1. The lowest BCUT2D eigenvalue weighted by atomic mass is 10.0. The standard InChI is InChI=1S/C15H13ClFNOS/c1-9-4-3-5-11(14(9)17)12-8-10(6-7-13(12)16)15(19)18-20-2/h3-8H,1-2H3,(H,18,19). The van der Waals surface area contributed by atoms with Crippen LogP contribution in [0.4, 0.5) is 4.39 Å². The zero-order valence-electron chi connectivity index (χ0n) is 11.0. The molecule has 0 aliphatic carbocycles. The maximum atomic E-state index is 14.2. The topological polar surface area (TPSA) is 29.1 Å². The van der Waals surface area contributed by atoms with Gasteiger partial charge in [0.05, 0.1) is 0 Å². The lowest BCUT2D eigenvalue weighted by Crippen LogP contribution is -2.15. The molecule has 0 spiro atoms. The van der Waals surface area contributed by atoms with Gasteiger partial charge in [0, 0.05) is 28.0 Å². The molecule has 2 aromatic carbocycles. The van der Waals surface area contributed by atoms with E-state index in [1.165, 1.54) is 11.9 Å². The van der Waals surface area contributed by atoms with E-state index >= 15 is 0 Å². The summed E-state index contributed by atoms with van der Waals surface area (Å²) in [6, 6.07) is 9.93. The zero-order valence-corrected chi connectivity index (χ0v) is 12.6. The highest BCUT2D eigenvalue weighted by Gasteiger charge is 2.13. The Balaban J connectivity index is 2.53. The largest absolute Gasteiger partial charge is 0.296 e. The Labute approximate surface area is 126 Å².